The third-order valence-electron chi connectivity index (χ3n) is 3.65. The van der Waals surface area contributed by atoms with E-state index in [0.29, 0.717) is 5.69 Å². The molecule has 3 rings (SSSR count). The smallest absolute Gasteiger partial charge is 0.272 e. The van der Waals surface area contributed by atoms with E-state index in [9.17, 15) is 4.79 Å². The van der Waals surface area contributed by atoms with Crippen molar-refractivity contribution in [3.63, 3.8) is 0 Å². The zero-order chi connectivity index (χ0) is 13.2. The maximum absolute atomic E-state index is 12.3. The molecule has 1 aromatic heterocycles. The van der Waals surface area contributed by atoms with E-state index in [-0.39, 0.29) is 11.9 Å². The van der Waals surface area contributed by atoms with Crippen LogP contribution < -0.4 is 10.6 Å². The van der Waals surface area contributed by atoms with Crippen LogP contribution in [-0.2, 0) is 7.05 Å². The quantitative estimate of drug-likeness (QED) is 0.846. The van der Waals surface area contributed by atoms with Crippen molar-refractivity contribution in [1.82, 2.24) is 20.4 Å². The highest BCUT2D eigenvalue weighted by atomic mass is 16.2. The van der Waals surface area contributed by atoms with Gasteiger partial charge in [0, 0.05) is 18.5 Å². The number of hydrogen-bond donors (Lipinski definition) is 2. The van der Waals surface area contributed by atoms with Gasteiger partial charge in [0.05, 0.1) is 5.52 Å². The zero-order valence-corrected chi connectivity index (χ0v) is 11.0. The SMILES string of the molecule is Cn1nc(C(=O)NC2CCNCC2)c2ccccc21. The molecule has 1 fully saturated rings. The van der Waals surface area contributed by atoms with Crippen LogP contribution in [0.1, 0.15) is 23.3 Å². The van der Waals surface area contributed by atoms with Gasteiger partial charge in [-0.15, -0.1) is 0 Å². The molecule has 0 unspecified atom stereocenters. The molecule has 0 aliphatic carbocycles. The van der Waals surface area contributed by atoms with Gasteiger partial charge in [-0.1, -0.05) is 18.2 Å². The number of nitrogens with zero attached hydrogens (tertiary/aromatic N) is 2. The van der Waals surface area contributed by atoms with Crippen LogP contribution >= 0.6 is 0 Å². The Labute approximate surface area is 112 Å². The number of piperidine rings is 1. The Morgan fingerprint density at radius 3 is 2.89 bits per heavy atom. The summed E-state index contributed by atoms with van der Waals surface area (Å²) >= 11 is 0. The summed E-state index contributed by atoms with van der Waals surface area (Å²) in [5, 5.41) is 11.6. The second kappa shape index (κ2) is 5.01. The Hall–Kier alpha value is -1.88. The summed E-state index contributed by atoms with van der Waals surface area (Å²) in [7, 11) is 1.86. The molecule has 2 aromatic rings. The molecule has 0 spiro atoms. The van der Waals surface area contributed by atoms with E-state index in [1.165, 1.54) is 0 Å². The zero-order valence-electron chi connectivity index (χ0n) is 11.0. The summed E-state index contributed by atoms with van der Waals surface area (Å²) in [6.07, 6.45) is 1.97. The average molecular weight is 258 g/mol. The lowest BCUT2D eigenvalue weighted by atomic mass is 10.1. The van der Waals surface area contributed by atoms with Crippen LogP contribution in [0.2, 0.25) is 0 Å². The lowest BCUT2D eigenvalue weighted by molar-refractivity contribution is 0.0925. The lowest BCUT2D eigenvalue weighted by Crippen LogP contribution is -2.42. The molecule has 5 heteroatoms. The number of aromatic nitrogens is 2. The highest BCUT2D eigenvalue weighted by molar-refractivity contribution is 6.04. The highest BCUT2D eigenvalue weighted by Gasteiger charge is 2.20. The van der Waals surface area contributed by atoms with Crippen LogP contribution in [0.4, 0.5) is 0 Å². The molecular formula is C14H18N4O. The number of carbonyl (C=O) groups excluding carboxylic acids is 1. The fourth-order valence-corrected chi connectivity index (χ4v) is 2.60. The topological polar surface area (TPSA) is 59.0 Å². The van der Waals surface area contributed by atoms with Crippen molar-refractivity contribution in [2.75, 3.05) is 13.1 Å². The van der Waals surface area contributed by atoms with Crippen molar-refractivity contribution < 1.29 is 4.79 Å². The average Bonchev–Trinajstić information content (AvgIpc) is 2.78. The molecule has 19 heavy (non-hydrogen) atoms. The van der Waals surface area contributed by atoms with E-state index in [0.717, 1.165) is 36.8 Å². The first-order chi connectivity index (χ1) is 9.25. The maximum atomic E-state index is 12.3. The Morgan fingerprint density at radius 1 is 1.37 bits per heavy atom. The summed E-state index contributed by atoms with van der Waals surface area (Å²) < 4.78 is 1.76. The predicted molar refractivity (Wildman–Crippen MR) is 74.1 cm³/mol. The summed E-state index contributed by atoms with van der Waals surface area (Å²) in [4.78, 5) is 12.3. The van der Waals surface area contributed by atoms with Gasteiger partial charge in [0.15, 0.2) is 5.69 Å². The molecule has 1 saturated heterocycles. The fourth-order valence-electron chi connectivity index (χ4n) is 2.60. The standard InChI is InChI=1S/C14H18N4O/c1-18-12-5-3-2-4-11(12)13(17-18)14(19)16-10-6-8-15-9-7-10/h2-5,10,15H,6-9H2,1H3,(H,16,19). The minimum absolute atomic E-state index is 0.0660. The van der Waals surface area contributed by atoms with Crippen molar-refractivity contribution in [1.29, 1.82) is 0 Å². The highest BCUT2D eigenvalue weighted by Crippen LogP contribution is 2.17. The summed E-state index contributed by atoms with van der Waals surface area (Å²) in [6.45, 7) is 1.93. The molecule has 100 valence electrons. The first-order valence-corrected chi connectivity index (χ1v) is 6.69. The third kappa shape index (κ3) is 2.33. The molecule has 2 N–H and O–H groups in total. The normalized spacial score (nSPS) is 16.7. The second-order valence-corrected chi connectivity index (χ2v) is 4.99. The van der Waals surface area contributed by atoms with Crippen molar-refractivity contribution in [2.24, 2.45) is 7.05 Å². The summed E-state index contributed by atoms with van der Waals surface area (Å²) in [5.74, 6) is -0.0660. The van der Waals surface area contributed by atoms with Gasteiger partial charge >= 0.3 is 0 Å². The van der Waals surface area contributed by atoms with Gasteiger partial charge in [0.25, 0.3) is 5.91 Å². The van der Waals surface area contributed by atoms with Crippen molar-refractivity contribution >= 4 is 16.8 Å². The van der Waals surface area contributed by atoms with Gasteiger partial charge in [-0.3, -0.25) is 9.48 Å². The van der Waals surface area contributed by atoms with Gasteiger partial charge in [-0.05, 0) is 32.0 Å². The van der Waals surface area contributed by atoms with E-state index in [4.69, 9.17) is 0 Å². The van der Waals surface area contributed by atoms with Crippen LogP contribution in [0.3, 0.4) is 0 Å². The number of para-hydroxylation sites is 1. The first-order valence-electron chi connectivity index (χ1n) is 6.69. The molecule has 0 saturated carbocycles. The van der Waals surface area contributed by atoms with Crippen LogP contribution in [0, 0.1) is 0 Å². The maximum Gasteiger partial charge on any atom is 0.272 e. The number of rotatable bonds is 2. The van der Waals surface area contributed by atoms with Crippen molar-refractivity contribution in [3.05, 3.63) is 30.0 Å². The molecule has 1 aliphatic rings. The summed E-state index contributed by atoms with van der Waals surface area (Å²) in [6, 6.07) is 8.07. The second-order valence-electron chi connectivity index (χ2n) is 4.99. The minimum Gasteiger partial charge on any atom is -0.348 e. The summed E-state index contributed by atoms with van der Waals surface area (Å²) in [5.41, 5.74) is 1.51. The largest absolute Gasteiger partial charge is 0.348 e. The molecule has 0 atom stereocenters. The number of hydrogen-bond acceptors (Lipinski definition) is 3. The number of benzene rings is 1. The van der Waals surface area contributed by atoms with Gasteiger partial charge < -0.3 is 10.6 Å². The molecule has 2 heterocycles. The van der Waals surface area contributed by atoms with Crippen LogP contribution in [0.5, 0.6) is 0 Å². The molecule has 1 amide bonds. The number of aryl methyl sites for hydroxylation is 1. The predicted octanol–water partition coefficient (Wildman–Crippen LogP) is 1.06. The van der Waals surface area contributed by atoms with Crippen molar-refractivity contribution in [3.8, 4) is 0 Å². The van der Waals surface area contributed by atoms with E-state index in [1.807, 2.05) is 31.3 Å². The Bertz CT molecular complexity index is 599. The minimum atomic E-state index is -0.0660. The van der Waals surface area contributed by atoms with E-state index < -0.39 is 0 Å². The van der Waals surface area contributed by atoms with Crippen LogP contribution in [0.25, 0.3) is 10.9 Å². The Morgan fingerprint density at radius 2 is 2.11 bits per heavy atom. The monoisotopic (exact) mass is 258 g/mol. The van der Waals surface area contributed by atoms with E-state index in [2.05, 4.69) is 15.7 Å². The van der Waals surface area contributed by atoms with Gasteiger partial charge in [0.1, 0.15) is 0 Å². The van der Waals surface area contributed by atoms with Gasteiger partial charge in [-0.25, -0.2) is 0 Å². The third-order valence-corrected chi connectivity index (χ3v) is 3.65. The van der Waals surface area contributed by atoms with Crippen LogP contribution in [0.15, 0.2) is 24.3 Å². The number of amides is 1. The van der Waals surface area contributed by atoms with Gasteiger partial charge in [0.2, 0.25) is 0 Å². The number of carbonyl (C=O) groups is 1. The number of fused-ring (bicyclic) bond motifs is 1. The molecule has 1 aliphatic heterocycles. The number of nitrogens with one attached hydrogen (secondary N) is 2. The molecule has 0 radical (unpaired) electrons. The fraction of sp³-hybridized carbons (Fsp3) is 0.429. The van der Waals surface area contributed by atoms with E-state index >= 15 is 0 Å². The van der Waals surface area contributed by atoms with Crippen LogP contribution in [-0.4, -0.2) is 34.8 Å². The molecule has 0 bridgehead atoms. The lowest BCUT2D eigenvalue weighted by Gasteiger charge is -2.23. The van der Waals surface area contributed by atoms with Crippen molar-refractivity contribution in [2.45, 2.75) is 18.9 Å². The molecular weight excluding hydrogens is 240 g/mol. The molecule has 5 nitrogen and oxygen atoms in total. The molecule has 1 aromatic carbocycles. The Kier molecular flexibility index (Phi) is 3.21. The van der Waals surface area contributed by atoms with Gasteiger partial charge in [-0.2, -0.15) is 5.10 Å². The Balaban J connectivity index is 1.85. The van der Waals surface area contributed by atoms with E-state index in [1.54, 1.807) is 4.68 Å². The first kappa shape index (κ1) is 12.2.